The van der Waals surface area contributed by atoms with Crippen LogP contribution >= 0.6 is 0 Å². The van der Waals surface area contributed by atoms with E-state index >= 15 is 0 Å². The van der Waals surface area contributed by atoms with Gasteiger partial charge in [-0.25, -0.2) is 9.48 Å². The lowest BCUT2D eigenvalue weighted by atomic mass is 9.95. The molecule has 3 aromatic rings. The number of carbonyl (C=O) groups excluding carboxylic acids is 1. The topological polar surface area (TPSA) is 73.0 Å². The standard InChI is InChI=1S/C21H25N5O2/c1-14(2)26-19(23-24(3)21(26)28)15-8-11-25(12-9-15)20(27)17-6-7-18-16(13-17)5-4-10-22-18/h4-7,10,13-15H,8-9,11-12H2,1-3H3. The number of rotatable bonds is 3. The molecule has 3 heterocycles. The Kier molecular flexibility index (Phi) is 4.75. The molecule has 2 aromatic heterocycles. The third kappa shape index (κ3) is 3.21. The van der Waals surface area contributed by atoms with Gasteiger partial charge in [-0.2, -0.15) is 5.10 Å². The summed E-state index contributed by atoms with van der Waals surface area (Å²) in [7, 11) is 1.69. The predicted molar refractivity (Wildman–Crippen MR) is 107 cm³/mol. The summed E-state index contributed by atoms with van der Waals surface area (Å²) < 4.78 is 3.19. The maximum absolute atomic E-state index is 13.0. The highest BCUT2D eigenvalue weighted by molar-refractivity contribution is 5.98. The van der Waals surface area contributed by atoms with Crippen LogP contribution in [0.5, 0.6) is 0 Å². The van der Waals surface area contributed by atoms with Gasteiger partial charge < -0.3 is 4.90 Å². The number of likely N-dealkylation sites (tertiary alicyclic amines) is 1. The quantitative estimate of drug-likeness (QED) is 0.701. The number of pyridine rings is 1. The summed E-state index contributed by atoms with van der Waals surface area (Å²) in [5.74, 6) is 1.08. The summed E-state index contributed by atoms with van der Waals surface area (Å²) in [4.78, 5) is 31.5. The van der Waals surface area contributed by atoms with Crippen LogP contribution < -0.4 is 5.69 Å². The number of fused-ring (bicyclic) bond motifs is 1. The van der Waals surface area contributed by atoms with Crippen molar-refractivity contribution < 1.29 is 4.79 Å². The van der Waals surface area contributed by atoms with E-state index in [1.165, 1.54) is 4.68 Å². The number of piperidine rings is 1. The van der Waals surface area contributed by atoms with Crippen molar-refractivity contribution >= 4 is 16.8 Å². The Balaban J connectivity index is 1.50. The molecule has 0 unspecified atom stereocenters. The fourth-order valence-corrected chi connectivity index (χ4v) is 3.99. The second-order valence-corrected chi connectivity index (χ2v) is 7.71. The van der Waals surface area contributed by atoms with Gasteiger partial charge in [-0.15, -0.1) is 0 Å². The lowest BCUT2D eigenvalue weighted by molar-refractivity contribution is 0.0710. The van der Waals surface area contributed by atoms with Gasteiger partial charge in [0.1, 0.15) is 5.82 Å². The van der Waals surface area contributed by atoms with E-state index in [1.807, 2.05) is 49.1 Å². The normalized spacial score (nSPS) is 15.5. The van der Waals surface area contributed by atoms with Crippen LogP contribution in [0.1, 0.15) is 54.8 Å². The molecule has 0 spiro atoms. The lowest BCUT2D eigenvalue weighted by Gasteiger charge is -2.32. The number of carbonyl (C=O) groups is 1. The van der Waals surface area contributed by atoms with Gasteiger partial charge in [0.15, 0.2) is 0 Å². The molecule has 7 nitrogen and oxygen atoms in total. The molecule has 1 aliphatic rings. The molecule has 0 saturated carbocycles. The zero-order valence-corrected chi connectivity index (χ0v) is 16.5. The summed E-state index contributed by atoms with van der Waals surface area (Å²) >= 11 is 0. The zero-order chi connectivity index (χ0) is 19.8. The first-order chi connectivity index (χ1) is 13.5. The number of aromatic nitrogens is 4. The SMILES string of the molecule is CC(C)n1c(C2CCN(C(=O)c3ccc4ncccc4c3)CC2)nn(C)c1=O. The fraction of sp³-hybridized carbons (Fsp3) is 0.429. The number of amides is 1. The van der Waals surface area contributed by atoms with Crippen molar-refractivity contribution in [3.05, 3.63) is 58.4 Å². The number of nitrogens with zero attached hydrogens (tertiary/aromatic N) is 5. The molecule has 1 aliphatic heterocycles. The first kappa shape index (κ1) is 18.4. The van der Waals surface area contributed by atoms with Gasteiger partial charge in [0.05, 0.1) is 5.52 Å². The van der Waals surface area contributed by atoms with Gasteiger partial charge in [-0.1, -0.05) is 6.07 Å². The Hall–Kier alpha value is -2.96. The molecule has 0 radical (unpaired) electrons. The van der Waals surface area contributed by atoms with Crippen molar-refractivity contribution in [2.24, 2.45) is 7.05 Å². The smallest absolute Gasteiger partial charge is 0.339 e. The van der Waals surface area contributed by atoms with Crippen molar-refractivity contribution in [1.82, 2.24) is 24.2 Å². The van der Waals surface area contributed by atoms with Gasteiger partial charge in [0.2, 0.25) is 0 Å². The first-order valence-electron chi connectivity index (χ1n) is 9.75. The van der Waals surface area contributed by atoms with Crippen LogP contribution in [0.4, 0.5) is 0 Å². The lowest BCUT2D eigenvalue weighted by Crippen LogP contribution is -2.38. The number of hydrogen-bond donors (Lipinski definition) is 0. The molecule has 0 N–H and O–H groups in total. The largest absolute Gasteiger partial charge is 0.345 e. The second kappa shape index (κ2) is 7.22. The summed E-state index contributed by atoms with van der Waals surface area (Å²) in [5, 5.41) is 5.44. The van der Waals surface area contributed by atoms with E-state index in [0.29, 0.717) is 18.7 Å². The van der Waals surface area contributed by atoms with E-state index in [-0.39, 0.29) is 23.6 Å². The Labute approximate surface area is 163 Å². The van der Waals surface area contributed by atoms with Gasteiger partial charge >= 0.3 is 5.69 Å². The Morgan fingerprint density at radius 2 is 1.93 bits per heavy atom. The van der Waals surface area contributed by atoms with E-state index in [1.54, 1.807) is 17.8 Å². The highest BCUT2D eigenvalue weighted by Crippen LogP contribution is 2.28. The van der Waals surface area contributed by atoms with Gasteiger partial charge in [-0.05, 0) is 51.0 Å². The minimum Gasteiger partial charge on any atom is -0.339 e. The molecule has 1 aromatic carbocycles. The Bertz CT molecular complexity index is 1070. The van der Waals surface area contributed by atoms with Crippen LogP contribution in [0.3, 0.4) is 0 Å². The van der Waals surface area contributed by atoms with Crippen molar-refractivity contribution in [1.29, 1.82) is 0 Å². The third-order valence-electron chi connectivity index (χ3n) is 5.50. The monoisotopic (exact) mass is 379 g/mol. The molecule has 146 valence electrons. The molecule has 28 heavy (non-hydrogen) atoms. The van der Waals surface area contributed by atoms with E-state index in [2.05, 4.69) is 10.1 Å². The van der Waals surface area contributed by atoms with Crippen LogP contribution in [0, 0.1) is 0 Å². The molecule has 1 amide bonds. The summed E-state index contributed by atoms with van der Waals surface area (Å²) in [6.07, 6.45) is 3.37. The fourth-order valence-electron chi connectivity index (χ4n) is 3.99. The van der Waals surface area contributed by atoms with Crippen molar-refractivity contribution in [3.63, 3.8) is 0 Å². The maximum atomic E-state index is 13.0. The van der Waals surface area contributed by atoms with Crippen LogP contribution in [-0.2, 0) is 7.05 Å². The number of aryl methyl sites for hydroxylation is 1. The third-order valence-corrected chi connectivity index (χ3v) is 5.50. The average molecular weight is 379 g/mol. The number of hydrogen-bond acceptors (Lipinski definition) is 4. The van der Waals surface area contributed by atoms with Gasteiger partial charge in [0, 0.05) is 49.2 Å². The minimum atomic E-state index is -0.0757. The van der Waals surface area contributed by atoms with Gasteiger partial charge in [-0.3, -0.25) is 14.3 Å². The average Bonchev–Trinajstić information content (AvgIpc) is 3.02. The van der Waals surface area contributed by atoms with Crippen molar-refractivity contribution in [2.75, 3.05) is 13.1 Å². The zero-order valence-electron chi connectivity index (χ0n) is 16.5. The van der Waals surface area contributed by atoms with Crippen LogP contribution in [0.15, 0.2) is 41.3 Å². The minimum absolute atomic E-state index is 0.0477. The molecule has 4 rings (SSSR count). The molecule has 0 atom stereocenters. The summed E-state index contributed by atoms with van der Waals surface area (Å²) in [5.41, 5.74) is 1.50. The summed E-state index contributed by atoms with van der Waals surface area (Å²) in [6.45, 7) is 5.33. The van der Waals surface area contributed by atoms with Crippen molar-refractivity contribution in [2.45, 2.75) is 38.6 Å². The second-order valence-electron chi connectivity index (χ2n) is 7.71. The summed E-state index contributed by atoms with van der Waals surface area (Å²) in [6, 6.07) is 9.57. The molecule has 1 saturated heterocycles. The van der Waals surface area contributed by atoms with E-state index in [4.69, 9.17) is 0 Å². The van der Waals surface area contributed by atoms with E-state index < -0.39 is 0 Å². The van der Waals surface area contributed by atoms with E-state index in [0.717, 1.165) is 29.6 Å². The molecule has 0 aliphatic carbocycles. The molecule has 7 heteroatoms. The van der Waals surface area contributed by atoms with E-state index in [9.17, 15) is 9.59 Å². The van der Waals surface area contributed by atoms with Crippen molar-refractivity contribution in [3.8, 4) is 0 Å². The Morgan fingerprint density at radius 3 is 2.64 bits per heavy atom. The molecular formula is C21H25N5O2. The highest BCUT2D eigenvalue weighted by Gasteiger charge is 2.29. The van der Waals surface area contributed by atoms with Crippen LogP contribution in [-0.4, -0.2) is 43.2 Å². The maximum Gasteiger partial charge on any atom is 0.345 e. The Morgan fingerprint density at radius 1 is 1.18 bits per heavy atom. The molecule has 0 bridgehead atoms. The van der Waals surface area contributed by atoms with Gasteiger partial charge in [0.25, 0.3) is 5.91 Å². The number of benzene rings is 1. The van der Waals surface area contributed by atoms with Crippen LogP contribution in [0.2, 0.25) is 0 Å². The molecular weight excluding hydrogens is 354 g/mol. The molecule has 1 fully saturated rings. The highest BCUT2D eigenvalue weighted by atomic mass is 16.2. The van der Waals surface area contributed by atoms with Crippen LogP contribution in [0.25, 0.3) is 10.9 Å². The first-order valence-corrected chi connectivity index (χ1v) is 9.75. The predicted octanol–water partition coefficient (Wildman–Crippen LogP) is 2.73.